The SMILES string of the molecule is CC(C)CCCCNCC(=O)N1CCCC1. The Labute approximate surface area is 99.6 Å². The van der Waals surface area contributed by atoms with E-state index in [2.05, 4.69) is 19.2 Å². The first kappa shape index (κ1) is 13.5. The highest BCUT2D eigenvalue weighted by Gasteiger charge is 2.16. The van der Waals surface area contributed by atoms with Crippen molar-refractivity contribution in [1.82, 2.24) is 10.2 Å². The zero-order valence-electron chi connectivity index (χ0n) is 10.8. The molecular weight excluding hydrogens is 200 g/mol. The normalized spacial score (nSPS) is 16.1. The predicted molar refractivity (Wildman–Crippen MR) is 67.4 cm³/mol. The molecule has 1 rings (SSSR count). The maximum absolute atomic E-state index is 11.6. The molecule has 0 aromatic rings. The molecular formula is C13H26N2O. The van der Waals surface area contributed by atoms with E-state index in [0.29, 0.717) is 6.54 Å². The lowest BCUT2D eigenvalue weighted by Gasteiger charge is -2.15. The van der Waals surface area contributed by atoms with Gasteiger partial charge >= 0.3 is 0 Å². The molecule has 0 saturated carbocycles. The Balaban J connectivity index is 1.92. The van der Waals surface area contributed by atoms with Crippen molar-refractivity contribution >= 4 is 5.91 Å². The summed E-state index contributed by atoms with van der Waals surface area (Å²) >= 11 is 0. The highest BCUT2D eigenvalue weighted by Crippen LogP contribution is 2.07. The van der Waals surface area contributed by atoms with Crippen molar-refractivity contribution in [3.05, 3.63) is 0 Å². The first-order valence-corrected chi connectivity index (χ1v) is 6.68. The van der Waals surface area contributed by atoms with Crippen molar-refractivity contribution in [2.75, 3.05) is 26.2 Å². The van der Waals surface area contributed by atoms with Crippen LogP contribution in [0.1, 0.15) is 46.0 Å². The molecule has 1 N–H and O–H groups in total. The van der Waals surface area contributed by atoms with Crippen LogP contribution in [-0.2, 0) is 4.79 Å². The van der Waals surface area contributed by atoms with Crippen LogP contribution in [0.25, 0.3) is 0 Å². The number of likely N-dealkylation sites (tertiary alicyclic amines) is 1. The van der Waals surface area contributed by atoms with Crippen molar-refractivity contribution in [1.29, 1.82) is 0 Å². The Kier molecular flexibility index (Phi) is 6.46. The summed E-state index contributed by atoms with van der Waals surface area (Å²) in [6, 6.07) is 0. The second-order valence-corrected chi connectivity index (χ2v) is 5.15. The first-order valence-electron chi connectivity index (χ1n) is 6.68. The smallest absolute Gasteiger partial charge is 0.236 e. The summed E-state index contributed by atoms with van der Waals surface area (Å²) in [7, 11) is 0. The van der Waals surface area contributed by atoms with E-state index in [1.54, 1.807) is 0 Å². The number of hydrogen-bond acceptors (Lipinski definition) is 2. The fourth-order valence-electron chi connectivity index (χ4n) is 2.08. The fourth-order valence-corrected chi connectivity index (χ4v) is 2.08. The second kappa shape index (κ2) is 7.66. The van der Waals surface area contributed by atoms with Gasteiger partial charge in [-0.05, 0) is 31.7 Å². The summed E-state index contributed by atoms with van der Waals surface area (Å²) in [5.74, 6) is 1.08. The first-order chi connectivity index (χ1) is 7.70. The van der Waals surface area contributed by atoms with Crippen molar-refractivity contribution in [3.63, 3.8) is 0 Å². The van der Waals surface area contributed by atoms with Gasteiger partial charge in [-0.15, -0.1) is 0 Å². The molecule has 3 heteroatoms. The van der Waals surface area contributed by atoms with Gasteiger partial charge in [-0.25, -0.2) is 0 Å². The van der Waals surface area contributed by atoms with E-state index in [1.807, 2.05) is 4.90 Å². The van der Waals surface area contributed by atoms with E-state index in [0.717, 1.165) is 25.6 Å². The van der Waals surface area contributed by atoms with Gasteiger partial charge in [0.25, 0.3) is 0 Å². The van der Waals surface area contributed by atoms with Gasteiger partial charge in [-0.2, -0.15) is 0 Å². The molecule has 1 heterocycles. The highest BCUT2D eigenvalue weighted by atomic mass is 16.2. The third-order valence-corrected chi connectivity index (χ3v) is 3.12. The largest absolute Gasteiger partial charge is 0.342 e. The highest BCUT2D eigenvalue weighted by molar-refractivity contribution is 5.78. The number of nitrogens with zero attached hydrogens (tertiary/aromatic N) is 1. The summed E-state index contributed by atoms with van der Waals surface area (Å²) < 4.78 is 0. The van der Waals surface area contributed by atoms with Crippen LogP contribution in [0.5, 0.6) is 0 Å². The molecule has 1 saturated heterocycles. The van der Waals surface area contributed by atoms with Gasteiger partial charge in [0.1, 0.15) is 0 Å². The average Bonchev–Trinajstić information content (AvgIpc) is 2.75. The number of carbonyl (C=O) groups excluding carboxylic acids is 1. The van der Waals surface area contributed by atoms with Crippen LogP contribution in [0, 0.1) is 5.92 Å². The van der Waals surface area contributed by atoms with E-state index in [9.17, 15) is 4.79 Å². The van der Waals surface area contributed by atoms with Crippen molar-refractivity contribution in [2.24, 2.45) is 5.92 Å². The lowest BCUT2D eigenvalue weighted by molar-refractivity contribution is -0.129. The van der Waals surface area contributed by atoms with Gasteiger partial charge in [0.05, 0.1) is 6.54 Å². The van der Waals surface area contributed by atoms with Gasteiger partial charge in [0.2, 0.25) is 5.91 Å². The fraction of sp³-hybridized carbons (Fsp3) is 0.923. The molecule has 1 fully saturated rings. The van der Waals surface area contributed by atoms with Gasteiger partial charge in [-0.3, -0.25) is 4.79 Å². The topological polar surface area (TPSA) is 32.3 Å². The number of hydrogen-bond donors (Lipinski definition) is 1. The van der Waals surface area contributed by atoms with E-state index in [1.165, 1.54) is 32.1 Å². The van der Waals surface area contributed by atoms with E-state index in [-0.39, 0.29) is 5.91 Å². The Morgan fingerprint density at radius 1 is 1.25 bits per heavy atom. The van der Waals surface area contributed by atoms with Crippen LogP contribution in [0.3, 0.4) is 0 Å². The minimum atomic E-state index is 0.279. The standard InChI is InChI=1S/C13H26N2O/c1-12(2)7-3-4-8-14-11-13(16)15-9-5-6-10-15/h12,14H,3-11H2,1-2H3. The van der Waals surface area contributed by atoms with Crippen molar-refractivity contribution in [3.8, 4) is 0 Å². The lowest BCUT2D eigenvalue weighted by Crippen LogP contribution is -2.36. The van der Waals surface area contributed by atoms with Gasteiger partial charge in [-0.1, -0.05) is 26.7 Å². The van der Waals surface area contributed by atoms with Crippen LogP contribution >= 0.6 is 0 Å². The van der Waals surface area contributed by atoms with Crippen LogP contribution in [0.4, 0.5) is 0 Å². The maximum Gasteiger partial charge on any atom is 0.236 e. The van der Waals surface area contributed by atoms with Gasteiger partial charge in [0.15, 0.2) is 0 Å². The molecule has 16 heavy (non-hydrogen) atoms. The zero-order valence-corrected chi connectivity index (χ0v) is 10.8. The Hall–Kier alpha value is -0.570. The predicted octanol–water partition coefficient (Wildman–Crippen LogP) is 2.02. The van der Waals surface area contributed by atoms with Crippen molar-refractivity contribution in [2.45, 2.75) is 46.0 Å². The van der Waals surface area contributed by atoms with E-state index >= 15 is 0 Å². The lowest BCUT2D eigenvalue weighted by atomic mass is 10.1. The molecule has 0 unspecified atom stereocenters. The maximum atomic E-state index is 11.6. The number of amides is 1. The summed E-state index contributed by atoms with van der Waals surface area (Å²) in [4.78, 5) is 13.6. The Morgan fingerprint density at radius 3 is 2.56 bits per heavy atom. The molecule has 0 aromatic carbocycles. The molecule has 0 aliphatic carbocycles. The third kappa shape index (κ3) is 5.50. The van der Waals surface area contributed by atoms with E-state index < -0.39 is 0 Å². The minimum absolute atomic E-state index is 0.279. The molecule has 1 aliphatic heterocycles. The molecule has 0 radical (unpaired) electrons. The van der Waals surface area contributed by atoms with Gasteiger partial charge < -0.3 is 10.2 Å². The van der Waals surface area contributed by atoms with Crippen molar-refractivity contribution < 1.29 is 4.79 Å². The molecule has 1 amide bonds. The number of nitrogens with one attached hydrogen (secondary N) is 1. The van der Waals surface area contributed by atoms with Crippen LogP contribution in [0.2, 0.25) is 0 Å². The summed E-state index contributed by atoms with van der Waals surface area (Å²) in [5.41, 5.74) is 0. The summed E-state index contributed by atoms with van der Waals surface area (Å²) in [6.45, 7) is 7.95. The van der Waals surface area contributed by atoms with Crippen LogP contribution in [0.15, 0.2) is 0 Å². The molecule has 0 spiro atoms. The average molecular weight is 226 g/mol. The molecule has 0 bridgehead atoms. The number of rotatable bonds is 7. The monoisotopic (exact) mass is 226 g/mol. The molecule has 0 aromatic heterocycles. The molecule has 94 valence electrons. The summed E-state index contributed by atoms with van der Waals surface area (Å²) in [5, 5.41) is 3.24. The molecule has 0 atom stereocenters. The zero-order chi connectivity index (χ0) is 11.8. The second-order valence-electron chi connectivity index (χ2n) is 5.15. The van der Waals surface area contributed by atoms with Gasteiger partial charge in [0, 0.05) is 13.1 Å². The molecule has 1 aliphatic rings. The molecule has 3 nitrogen and oxygen atoms in total. The Bertz CT molecular complexity index is 198. The minimum Gasteiger partial charge on any atom is -0.342 e. The quantitative estimate of drug-likeness (QED) is 0.674. The Morgan fingerprint density at radius 2 is 1.94 bits per heavy atom. The number of unbranched alkanes of at least 4 members (excludes halogenated alkanes) is 1. The van der Waals surface area contributed by atoms with E-state index in [4.69, 9.17) is 0 Å². The van der Waals surface area contributed by atoms with Crippen LogP contribution < -0.4 is 5.32 Å². The third-order valence-electron chi connectivity index (χ3n) is 3.12. The number of carbonyl (C=O) groups is 1. The van der Waals surface area contributed by atoms with Crippen LogP contribution in [-0.4, -0.2) is 37.0 Å². The summed E-state index contributed by atoms with van der Waals surface area (Å²) in [6.07, 6.45) is 6.11.